The number of methoxy groups -OCH3 is 2. The van der Waals surface area contributed by atoms with Gasteiger partial charge in [-0.3, -0.25) is 4.57 Å². The van der Waals surface area contributed by atoms with Crippen LogP contribution in [0.2, 0.25) is 36.3 Å². The van der Waals surface area contributed by atoms with Crippen LogP contribution in [0, 0.1) is 13.8 Å². The molecule has 0 saturated carbocycles. The Balaban J connectivity index is 2.08. The Bertz CT molecular complexity index is 1110. The van der Waals surface area contributed by atoms with E-state index in [9.17, 15) is 4.57 Å². The molecule has 0 aliphatic rings. The first-order chi connectivity index (χ1) is 18.2. The third-order valence-corrected chi connectivity index (χ3v) is 17.5. The van der Waals surface area contributed by atoms with Crippen LogP contribution >= 0.6 is 8.25 Å². The van der Waals surface area contributed by atoms with E-state index in [0.29, 0.717) is 11.5 Å². The minimum Gasteiger partial charge on any atom is -0.541 e. The Kier molecular flexibility index (Phi) is 11.2. The van der Waals surface area contributed by atoms with Crippen LogP contribution in [0.1, 0.15) is 63.8 Å². The molecule has 226 valence electrons. The molecule has 2 aromatic rings. The van der Waals surface area contributed by atoms with Crippen LogP contribution in [-0.2, 0) is 26.8 Å². The van der Waals surface area contributed by atoms with Gasteiger partial charge in [-0.15, -0.1) is 0 Å². The lowest BCUT2D eigenvalue weighted by molar-refractivity contribution is 0.212. The highest BCUT2D eigenvalue weighted by Crippen LogP contribution is 2.44. The zero-order chi connectivity index (χ0) is 30.7. The van der Waals surface area contributed by atoms with Gasteiger partial charge in [0, 0.05) is 0 Å². The normalized spacial score (nSPS) is 13.0. The van der Waals surface area contributed by atoms with E-state index in [1.54, 1.807) is 14.2 Å². The molecular formula is C30H51O7PSi2. The van der Waals surface area contributed by atoms with Gasteiger partial charge in [-0.25, -0.2) is 0 Å². The molecule has 0 radical (unpaired) electrons. The minimum atomic E-state index is -2.74. The Hall–Kier alpha value is -1.78. The molecule has 2 aromatic carbocycles. The number of benzene rings is 2. The van der Waals surface area contributed by atoms with E-state index in [4.69, 9.17) is 27.4 Å². The molecule has 0 unspecified atom stereocenters. The maximum absolute atomic E-state index is 12.6. The highest BCUT2D eigenvalue weighted by molar-refractivity contribution is 7.33. The molecular weight excluding hydrogens is 559 g/mol. The summed E-state index contributed by atoms with van der Waals surface area (Å²) in [5.41, 5.74) is 3.57. The molecule has 0 spiro atoms. The highest BCUT2D eigenvalue weighted by Gasteiger charge is 2.41. The van der Waals surface area contributed by atoms with Crippen LogP contribution in [0.4, 0.5) is 0 Å². The van der Waals surface area contributed by atoms with Crippen molar-refractivity contribution in [3.05, 3.63) is 46.5 Å². The third-order valence-electron chi connectivity index (χ3n) is 8.08. The van der Waals surface area contributed by atoms with E-state index in [2.05, 4.69) is 67.7 Å². The van der Waals surface area contributed by atoms with Crippen molar-refractivity contribution in [2.45, 2.75) is 105 Å². The van der Waals surface area contributed by atoms with Crippen LogP contribution in [0.5, 0.6) is 23.0 Å². The Morgan fingerprint density at radius 2 is 0.975 bits per heavy atom. The van der Waals surface area contributed by atoms with E-state index in [-0.39, 0.29) is 23.3 Å². The molecule has 0 N–H and O–H groups in total. The molecule has 0 aliphatic carbocycles. The molecule has 0 aromatic heterocycles. The van der Waals surface area contributed by atoms with Gasteiger partial charge in [-0.1, -0.05) is 41.5 Å². The SMILES string of the molecule is COc1cc(CO[PH](=O)OCc2cc(C)c(O[Si](C)(C)C(C)(C)C)c(OC)c2)cc(C)c1O[Si](C)(C)C(C)(C)C. The predicted molar refractivity (Wildman–Crippen MR) is 170 cm³/mol. The van der Waals surface area contributed by atoms with Crippen LogP contribution < -0.4 is 18.3 Å². The smallest absolute Gasteiger partial charge is 0.319 e. The lowest BCUT2D eigenvalue weighted by Gasteiger charge is -2.37. The molecule has 7 nitrogen and oxygen atoms in total. The van der Waals surface area contributed by atoms with Gasteiger partial charge >= 0.3 is 8.25 Å². The Morgan fingerprint density at radius 3 is 1.25 bits per heavy atom. The average Bonchev–Trinajstić information content (AvgIpc) is 2.82. The van der Waals surface area contributed by atoms with Gasteiger partial charge in [0.2, 0.25) is 0 Å². The lowest BCUT2D eigenvalue weighted by Crippen LogP contribution is -2.44. The fourth-order valence-corrected chi connectivity index (χ4v) is 6.31. The second kappa shape index (κ2) is 13.0. The molecule has 40 heavy (non-hydrogen) atoms. The summed E-state index contributed by atoms with van der Waals surface area (Å²) < 4.78 is 48.2. The topological polar surface area (TPSA) is 72.5 Å². The van der Waals surface area contributed by atoms with Crippen molar-refractivity contribution in [1.82, 2.24) is 0 Å². The number of aryl methyl sites for hydroxylation is 2. The van der Waals surface area contributed by atoms with Crippen molar-refractivity contribution in [2.75, 3.05) is 14.2 Å². The van der Waals surface area contributed by atoms with Gasteiger partial charge in [0.15, 0.2) is 11.5 Å². The van der Waals surface area contributed by atoms with Gasteiger partial charge in [0.05, 0.1) is 27.4 Å². The zero-order valence-corrected chi connectivity index (χ0v) is 30.1. The Labute approximate surface area is 245 Å². The quantitative estimate of drug-likeness (QED) is 0.175. The van der Waals surface area contributed by atoms with Crippen molar-refractivity contribution >= 4 is 24.9 Å². The summed E-state index contributed by atoms with van der Waals surface area (Å²) in [7, 11) is -3.58. The Morgan fingerprint density at radius 1 is 0.650 bits per heavy atom. The number of rotatable bonds is 12. The minimum absolute atomic E-state index is 0.0596. The van der Waals surface area contributed by atoms with Gasteiger partial charge in [-0.2, -0.15) is 0 Å². The summed E-state index contributed by atoms with van der Waals surface area (Å²) >= 11 is 0. The standard InChI is InChI=1S/C30H51O7PSi2/c1-21-15-23(17-25(32-9)27(21)36-39(11,12)29(3,4)5)19-34-38(31)35-20-24-16-22(2)28(26(18-24)33-10)37-40(13,14)30(6,7)8/h15-18,38H,19-20H2,1-14H3. The average molecular weight is 611 g/mol. The first kappa shape index (κ1) is 34.4. The van der Waals surface area contributed by atoms with Crippen LogP contribution in [0.15, 0.2) is 24.3 Å². The molecule has 0 bridgehead atoms. The van der Waals surface area contributed by atoms with Gasteiger partial charge < -0.3 is 27.4 Å². The van der Waals surface area contributed by atoms with Gasteiger partial charge in [0.1, 0.15) is 11.5 Å². The fourth-order valence-electron chi connectivity index (χ4n) is 3.50. The molecule has 0 atom stereocenters. The van der Waals surface area contributed by atoms with Crippen molar-refractivity contribution in [3.8, 4) is 23.0 Å². The number of ether oxygens (including phenoxy) is 2. The predicted octanol–water partition coefficient (Wildman–Crippen LogP) is 9.21. The van der Waals surface area contributed by atoms with E-state index >= 15 is 0 Å². The largest absolute Gasteiger partial charge is 0.541 e. The summed E-state index contributed by atoms with van der Waals surface area (Å²) in [6.45, 7) is 26.3. The van der Waals surface area contributed by atoms with Crippen molar-refractivity contribution < 1.29 is 31.9 Å². The second-order valence-electron chi connectivity index (χ2n) is 13.4. The van der Waals surface area contributed by atoms with Gasteiger partial charge in [0.25, 0.3) is 16.6 Å². The number of hydrogen-bond donors (Lipinski definition) is 0. The van der Waals surface area contributed by atoms with E-state index in [0.717, 1.165) is 33.8 Å². The van der Waals surface area contributed by atoms with E-state index in [1.165, 1.54) is 0 Å². The van der Waals surface area contributed by atoms with Crippen LogP contribution in [-0.4, -0.2) is 30.9 Å². The third kappa shape index (κ3) is 8.62. The summed E-state index contributed by atoms with van der Waals surface area (Å²) in [6.07, 6.45) is 0. The first-order valence-electron chi connectivity index (χ1n) is 13.7. The van der Waals surface area contributed by atoms with Crippen molar-refractivity contribution in [3.63, 3.8) is 0 Å². The van der Waals surface area contributed by atoms with E-state index < -0.39 is 24.9 Å². The summed E-state index contributed by atoms with van der Waals surface area (Å²) in [5.74, 6) is 2.80. The number of hydrogen-bond acceptors (Lipinski definition) is 7. The zero-order valence-electron chi connectivity index (χ0n) is 27.1. The van der Waals surface area contributed by atoms with E-state index in [1.807, 2.05) is 38.1 Å². The van der Waals surface area contributed by atoms with Crippen molar-refractivity contribution in [2.24, 2.45) is 0 Å². The molecule has 2 rings (SSSR count). The molecule has 0 amide bonds. The monoisotopic (exact) mass is 610 g/mol. The second-order valence-corrected chi connectivity index (χ2v) is 24.0. The van der Waals surface area contributed by atoms with Crippen LogP contribution in [0.3, 0.4) is 0 Å². The molecule has 10 heteroatoms. The lowest BCUT2D eigenvalue weighted by atomic mass is 10.1. The maximum atomic E-state index is 12.6. The summed E-state index contributed by atoms with van der Waals surface area (Å²) in [5, 5.41) is 0.119. The highest BCUT2D eigenvalue weighted by atomic mass is 31.1. The molecule has 0 saturated heterocycles. The molecule has 0 aliphatic heterocycles. The first-order valence-corrected chi connectivity index (χ1v) is 20.8. The van der Waals surface area contributed by atoms with Gasteiger partial charge in [-0.05, 0) is 96.6 Å². The molecule has 0 fully saturated rings. The summed E-state index contributed by atoms with van der Waals surface area (Å²) in [4.78, 5) is 0. The molecule has 0 heterocycles. The maximum Gasteiger partial charge on any atom is 0.319 e. The van der Waals surface area contributed by atoms with Crippen LogP contribution in [0.25, 0.3) is 0 Å². The fraction of sp³-hybridized carbons (Fsp3) is 0.600. The summed E-state index contributed by atoms with van der Waals surface area (Å²) in [6, 6.07) is 7.71. The van der Waals surface area contributed by atoms with Crippen molar-refractivity contribution in [1.29, 1.82) is 0 Å².